The van der Waals surface area contributed by atoms with Crippen molar-refractivity contribution in [3.05, 3.63) is 59.9 Å². The van der Waals surface area contributed by atoms with Crippen molar-refractivity contribution in [3.8, 4) is 11.4 Å². The van der Waals surface area contributed by atoms with E-state index >= 15 is 0 Å². The first-order valence-electron chi connectivity index (χ1n) is 8.53. The van der Waals surface area contributed by atoms with Crippen LogP contribution in [0.25, 0.3) is 33.3 Å². The van der Waals surface area contributed by atoms with E-state index in [1.807, 2.05) is 36.4 Å². The summed E-state index contributed by atoms with van der Waals surface area (Å²) < 4.78 is 0. The van der Waals surface area contributed by atoms with Crippen molar-refractivity contribution in [2.24, 2.45) is 7.05 Å². The summed E-state index contributed by atoms with van der Waals surface area (Å²) in [6.07, 6.45) is 0.630. The third kappa shape index (κ3) is 2.67. The van der Waals surface area contributed by atoms with E-state index in [4.69, 9.17) is 5.73 Å². The largest absolute Gasteiger partial charge is 0.383 e. The minimum absolute atomic E-state index is 0.475. The van der Waals surface area contributed by atoms with E-state index in [-0.39, 0.29) is 0 Å². The van der Waals surface area contributed by atoms with Gasteiger partial charge in [-0.05, 0) is 16.8 Å². The molecule has 3 aromatic heterocycles. The molecule has 5 aromatic rings. The summed E-state index contributed by atoms with van der Waals surface area (Å²) in [7, 11) is 1.74. The third-order valence-corrected chi connectivity index (χ3v) is 4.50. The average Bonchev–Trinajstić information content (AvgIpc) is 3.25. The third-order valence-electron chi connectivity index (χ3n) is 4.50. The Morgan fingerprint density at radius 2 is 1.93 bits per heavy atom. The maximum Gasteiger partial charge on any atom is 0.204 e. The molecule has 0 amide bonds. The minimum atomic E-state index is 0.475. The number of aromatic amines is 1. The fourth-order valence-corrected chi connectivity index (χ4v) is 3.27. The summed E-state index contributed by atoms with van der Waals surface area (Å²) in [5, 5.41) is 14.0. The van der Waals surface area contributed by atoms with Crippen molar-refractivity contribution < 1.29 is 0 Å². The van der Waals surface area contributed by atoms with Crippen molar-refractivity contribution in [2.75, 3.05) is 5.73 Å². The summed E-state index contributed by atoms with van der Waals surface area (Å²) in [6.45, 7) is 0. The molecular formula is C19H16N8. The van der Waals surface area contributed by atoms with E-state index in [1.165, 1.54) is 4.80 Å². The zero-order chi connectivity index (χ0) is 18.4. The number of aryl methyl sites for hydroxylation is 1. The number of anilines is 1. The lowest BCUT2D eigenvalue weighted by atomic mass is 10.1. The van der Waals surface area contributed by atoms with Crippen molar-refractivity contribution in [1.82, 2.24) is 35.2 Å². The van der Waals surface area contributed by atoms with Crippen LogP contribution in [0.5, 0.6) is 0 Å². The molecule has 0 spiro atoms. The highest BCUT2D eigenvalue weighted by atomic mass is 15.6. The first-order valence-corrected chi connectivity index (χ1v) is 8.53. The maximum atomic E-state index is 6.26. The Balaban J connectivity index is 1.62. The average molecular weight is 356 g/mol. The molecule has 0 unspecified atom stereocenters. The number of nitrogens with zero attached hydrogens (tertiary/aromatic N) is 6. The van der Waals surface area contributed by atoms with Crippen LogP contribution in [0.15, 0.2) is 48.5 Å². The highest BCUT2D eigenvalue weighted by molar-refractivity contribution is 6.11. The van der Waals surface area contributed by atoms with Crippen molar-refractivity contribution in [3.63, 3.8) is 0 Å². The molecule has 0 atom stereocenters. The first kappa shape index (κ1) is 15.4. The summed E-state index contributed by atoms with van der Waals surface area (Å²) in [5.74, 6) is 1.73. The van der Waals surface area contributed by atoms with Crippen LogP contribution < -0.4 is 5.73 Å². The van der Waals surface area contributed by atoms with Gasteiger partial charge in [0.25, 0.3) is 0 Å². The molecule has 0 fully saturated rings. The number of nitrogens with two attached hydrogens (primary N) is 1. The standard InChI is InChI=1S/C19H16N8/c1-27-25-18(24-26-27)12-7-8-13-14(10-12)21-19-16(13)17(20)22-15(23-19)9-11-5-3-2-4-6-11/h2-8,10H,9H2,1H3,(H3,20,21,22,23). The Hall–Kier alpha value is -3.81. The topological polar surface area (TPSA) is 111 Å². The Morgan fingerprint density at radius 3 is 2.70 bits per heavy atom. The molecule has 5 rings (SSSR count). The lowest BCUT2D eigenvalue weighted by Gasteiger charge is -2.03. The van der Waals surface area contributed by atoms with Gasteiger partial charge in [-0.3, -0.25) is 0 Å². The second-order valence-electron chi connectivity index (χ2n) is 6.40. The molecule has 3 heterocycles. The molecule has 132 valence electrons. The molecule has 0 saturated carbocycles. The Morgan fingerprint density at radius 1 is 1.07 bits per heavy atom. The quantitative estimate of drug-likeness (QED) is 0.514. The predicted octanol–water partition coefficient (Wildman–Crippen LogP) is 2.47. The Kier molecular flexibility index (Phi) is 3.36. The summed E-state index contributed by atoms with van der Waals surface area (Å²) in [5.41, 5.74) is 9.92. The summed E-state index contributed by atoms with van der Waals surface area (Å²) in [6, 6.07) is 16.0. The number of nitrogen functional groups attached to an aromatic ring is 1. The second-order valence-corrected chi connectivity index (χ2v) is 6.40. The van der Waals surface area contributed by atoms with Gasteiger partial charge in [0.15, 0.2) is 0 Å². The van der Waals surface area contributed by atoms with Crippen molar-refractivity contribution >= 4 is 27.8 Å². The van der Waals surface area contributed by atoms with Crippen LogP contribution in [0, 0.1) is 0 Å². The molecule has 0 aliphatic carbocycles. The number of hydrogen-bond donors (Lipinski definition) is 2. The van der Waals surface area contributed by atoms with Crippen LogP contribution in [0.4, 0.5) is 5.82 Å². The van der Waals surface area contributed by atoms with Gasteiger partial charge >= 0.3 is 0 Å². The van der Waals surface area contributed by atoms with Crippen LogP contribution in [0.3, 0.4) is 0 Å². The number of tetrazole rings is 1. The fourth-order valence-electron chi connectivity index (χ4n) is 3.27. The maximum absolute atomic E-state index is 6.26. The van der Waals surface area contributed by atoms with E-state index in [9.17, 15) is 0 Å². The van der Waals surface area contributed by atoms with Crippen LogP contribution in [-0.2, 0) is 13.5 Å². The highest BCUT2D eigenvalue weighted by Gasteiger charge is 2.14. The van der Waals surface area contributed by atoms with E-state index in [1.54, 1.807) is 7.05 Å². The van der Waals surface area contributed by atoms with Gasteiger partial charge in [-0.25, -0.2) is 9.97 Å². The minimum Gasteiger partial charge on any atom is -0.383 e. The van der Waals surface area contributed by atoms with Crippen LogP contribution >= 0.6 is 0 Å². The molecule has 8 nitrogen and oxygen atoms in total. The lowest BCUT2D eigenvalue weighted by Crippen LogP contribution is -2.01. The van der Waals surface area contributed by atoms with Crippen molar-refractivity contribution in [1.29, 1.82) is 0 Å². The first-order chi connectivity index (χ1) is 13.2. The molecule has 0 saturated heterocycles. The molecule has 8 heteroatoms. The number of H-pyrrole nitrogens is 1. The lowest BCUT2D eigenvalue weighted by molar-refractivity contribution is 0.630. The molecule has 3 N–H and O–H groups in total. The molecular weight excluding hydrogens is 340 g/mol. The van der Waals surface area contributed by atoms with Gasteiger partial charge < -0.3 is 10.7 Å². The van der Waals surface area contributed by atoms with Crippen LogP contribution in [0.1, 0.15) is 11.4 Å². The number of nitrogens with one attached hydrogen (secondary N) is 1. The van der Waals surface area contributed by atoms with Gasteiger partial charge in [-0.2, -0.15) is 4.80 Å². The normalized spacial score (nSPS) is 11.4. The SMILES string of the molecule is Cn1nnc(-c2ccc3c(c2)[nH]c2nc(Cc4ccccc4)nc(N)c23)n1. The van der Waals surface area contributed by atoms with E-state index in [0.29, 0.717) is 23.9 Å². The van der Waals surface area contributed by atoms with Gasteiger partial charge in [0.1, 0.15) is 17.3 Å². The van der Waals surface area contributed by atoms with Crippen molar-refractivity contribution in [2.45, 2.75) is 6.42 Å². The molecule has 0 radical (unpaired) electrons. The van der Waals surface area contributed by atoms with Gasteiger partial charge in [0, 0.05) is 22.9 Å². The van der Waals surface area contributed by atoms with Crippen LogP contribution in [0.2, 0.25) is 0 Å². The van der Waals surface area contributed by atoms with Crippen LogP contribution in [-0.4, -0.2) is 35.2 Å². The van der Waals surface area contributed by atoms with E-state index in [0.717, 1.165) is 33.1 Å². The number of aromatic nitrogens is 7. The van der Waals surface area contributed by atoms with E-state index in [2.05, 4.69) is 42.5 Å². The number of benzene rings is 2. The second kappa shape index (κ2) is 5.87. The summed E-state index contributed by atoms with van der Waals surface area (Å²) in [4.78, 5) is 14.0. The molecule has 27 heavy (non-hydrogen) atoms. The highest BCUT2D eigenvalue weighted by Crippen LogP contribution is 2.30. The monoisotopic (exact) mass is 356 g/mol. The van der Waals surface area contributed by atoms with Gasteiger partial charge in [-0.15, -0.1) is 10.2 Å². The Bertz CT molecular complexity index is 1270. The smallest absolute Gasteiger partial charge is 0.204 e. The van der Waals surface area contributed by atoms with Gasteiger partial charge in [0.05, 0.1) is 12.4 Å². The van der Waals surface area contributed by atoms with Gasteiger partial charge in [-0.1, -0.05) is 42.5 Å². The van der Waals surface area contributed by atoms with E-state index < -0.39 is 0 Å². The number of rotatable bonds is 3. The molecule has 0 aliphatic heterocycles. The number of fused-ring (bicyclic) bond motifs is 3. The Labute approximate surface area is 154 Å². The molecule has 0 bridgehead atoms. The molecule has 0 aliphatic rings. The fraction of sp³-hybridized carbons (Fsp3) is 0.105. The zero-order valence-electron chi connectivity index (χ0n) is 14.6. The summed E-state index contributed by atoms with van der Waals surface area (Å²) >= 11 is 0. The zero-order valence-corrected chi connectivity index (χ0v) is 14.6. The van der Waals surface area contributed by atoms with Gasteiger partial charge in [0.2, 0.25) is 5.82 Å². The predicted molar refractivity (Wildman–Crippen MR) is 103 cm³/mol. The molecule has 2 aromatic carbocycles. The number of hydrogen-bond acceptors (Lipinski definition) is 6.